The lowest BCUT2D eigenvalue weighted by Crippen LogP contribution is -2.53. The van der Waals surface area contributed by atoms with Crippen LogP contribution in [-0.2, 0) is 9.59 Å². The lowest BCUT2D eigenvalue weighted by molar-refractivity contribution is -0.139. The summed E-state index contributed by atoms with van der Waals surface area (Å²) in [5.41, 5.74) is 0.0951. The van der Waals surface area contributed by atoms with Gasteiger partial charge in [0.1, 0.15) is 0 Å². The number of anilines is 1. The molecule has 0 bridgehead atoms. The van der Waals surface area contributed by atoms with Crippen LogP contribution in [0.15, 0.2) is 30.3 Å². The molecule has 146 valence electrons. The molecule has 1 saturated heterocycles. The van der Waals surface area contributed by atoms with Crippen molar-refractivity contribution in [3.63, 3.8) is 0 Å². The Kier molecular flexibility index (Phi) is 5.98. The molecule has 1 unspecified atom stereocenters. The number of likely N-dealkylation sites (tertiary alicyclic amines) is 1. The number of rotatable bonds is 5. The highest BCUT2D eigenvalue weighted by molar-refractivity contribution is 5.90. The topological polar surface area (TPSA) is 98.7 Å². The fraction of sp³-hybridized carbons (Fsp3) is 0.550. The second-order valence-electron chi connectivity index (χ2n) is 7.63. The minimum atomic E-state index is -0.885. The third-order valence-electron chi connectivity index (χ3n) is 5.54. The lowest BCUT2D eigenvalue weighted by atomic mass is 9.90. The number of hydrogen-bond acceptors (Lipinski definition) is 3. The van der Waals surface area contributed by atoms with Gasteiger partial charge in [0.05, 0.1) is 17.9 Å². The normalized spacial score (nSPS) is 21.5. The molecule has 0 aromatic heterocycles. The number of nitrogens with zero attached hydrogens (tertiary/aromatic N) is 1. The fourth-order valence-corrected chi connectivity index (χ4v) is 4.15. The van der Waals surface area contributed by atoms with Gasteiger partial charge in [-0.1, -0.05) is 31.0 Å². The summed E-state index contributed by atoms with van der Waals surface area (Å²) >= 11 is 0. The third-order valence-corrected chi connectivity index (χ3v) is 5.54. The number of urea groups is 1. The third kappa shape index (κ3) is 4.99. The highest BCUT2D eigenvalue weighted by Gasteiger charge is 2.39. The van der Waals surface area contributed by atoms with Crippen LogP contribution >= 0.6 is 0 Å². The van der Waals surface area contributed by atoms with Crippen molar-refractivity contribution in [3.8, 4) is 0 Å². The van der Waals surface area contributed by atoms with Crippen LogP contribution in [0.1, 0.15) is 44.9 Å². The molecule has 1 heterocycles. The van der Waals surface area contributed by atoms with E-state index in [4.69, 9.17) is 0 Å². The molecule has 1 atom stereocenters. The Labute approximate surface area is 159 Å². The van der Waals surface area contributed by atoms with Gasteiger partial charge in [0.15, 0.2) is 0 Å². The standard InChI is InChI=1S/C20H27N3O4/c24-17(25)13-20(10-4-5-11-20)22-18(26)15-7-6-12-23(14-15)19(27)21-16-8-2-1-3-9-16/h1-3,8-9,15H,4-7,10-14H2,(H,21,27)(H,22,26)(H,24,25). The molecule has 3 rings (SSSR count). The van der Waals surface area contributed by atoms with Crippen molar-refractivity contribution in [2.75, 3.05) is 18.4 Å². The summed E-state index contributed by atoms with van der Waals surface area (Å²) in [5.74, 6) is -1.31. The molecule has 3 amide bonds. The zero-order chi connectivity index (χ0) is 19.3. The summed E-state index contributed by atoms with van der Waals surface area (Å²) in [6.07, 6.45) is 4.71. The highest BCUT2D eigenvalue weighted by atomic mass is 16.4. The number of nitrogens with one attached hydrogen (secondary N) is 2. The van der Waals surface area contributed by atoms with Gasteiger partial charge < -0.3 is 20.6 Å². The summed E-state index contributed by atoms with van der Waals surface area (Å²) < 4.78 is 0. The molecule has 1 saturated carbocycles. The molecular weight excluding hydrogens is 346 g/mol. The first kappa shape index (κ1) is 19.2. The Morgan fingerprint density at radius 3 is 2.48 bits per heavy atom. The van der Waals surface area contributed by atoms with Crippen molar-refractivity contribution >= 4 is 23.6 Å². The van der Waals surface area contributed by atoms with E-state index in [1.165, 1.54) is 0 Å². The first-order chi connectivity index (χ1) is 13.0. The van der Waals surface area contributed by atoms with Crippen molar-refractivity contribution < 1.29 is 19.5 Å². The first-order valence-electron chi connectivity index (χ1n) is 9.62. The zero-order valence-electron chi connectivity index (χ0n) is 15.4. The van der Waals surface area contributed by atoms with Gasteiger partial charge >= 0.3 is 12.0 Å². The Hall–Kier alpha value is -2.57. The molecule has 1 aliphatic heterocycles. The van der Waals surface area contributed by atoms with Gasteiger partial charge in [-0.05, 0) is 37.8 Å². The Morgan fingerprint density at radius 2 is 1.81 bits per heavy atom. The quantitative estimate of drug-likeness (QED) is 0.739. The Balaban J connectivity index is 1.59. The average molecular weight is 373 g/mol. The first-order valence-corrected chi connectivity index (χ1v) is 9.62. The molecule has 0 spiro atoms. The molecule has 2 fully saturated rings. The molecule has 7 nitrogen and oxygen atoms in total. The van der Waals surface area contributed by atoms with Gasteiger partial charge in [0.25, 0.3) is 0 Å². The van der Waals surface area contributed by atoms with E-state index < -0.39 is 11.5 Å². The maximum Gasteiger partial charge on any atom is 0.321 e. The van der Waals surface area contributed by atoms with Crippen LogP contribution in [0.4, 0.5) is 10.5 Å². The molecule has 27 heavy (non-hydrogen) atoms. The summed E-state index contributed by atoms with van der Waals surface area (Å²) in [4.78, 5) is 38.2. The number of amides is 3. The molecule has 3 N–H and O–H groups in total. The van der Waals surface area contributed by atoms with Crippen LogP contribution < -0.4 is 10.6 Å². The second-order valence-corrected chi connectivity index (χ2v) is 7.63. The predicted molar refractivity (Wildman–Crippen MR) is 101 cm³/mol. The Bertz CT molecular complexity index is 686. The molecule has 1 aliphatic carbocycles. The zero-order valence-corrected chi connectivity index (χ0v) is 15.4. The van der Waals surface area contributed by atoms with Crippen LogP contribution in [-0.4, -0.2) is 46.5 Å². The number of carboxylic acid groups (broad SMARTS) is 1. The maximum absolute atomic E-state index is 12.8. The van der Waals surface area contributed by atoms with E-state index in [0.717, 1.165) is 24.9 Å². The van der Waals surface area contributed by atoms with E-state index in [2.05, 4.69) is 10.6 Å². The largest absolute Gasteiger partial charge is 0.481 e. The SMILES string of the molecule is O=C(O)CC1(NC(=O)C2CCCN(C(=O)Nc3ccccc3)C2)CCCC1. The van der Waals surface area contributed by atoms with E-state index in [9.17, 15) is 19.5 Å². The van der Waals surface area contributed by atoms with E-state index >= 15 is 0 Å². The summed E-state index contributed by atoms with van der Waals surface area (Å²) in [5, 5.41) is 15.1. The number of carbonyl (C=O) groups excluding carboxylic acids is 2. The van der Waals surface area contributed by atoms with Crippen LogP contribution in [0.3, 0.4) is 0 Å². The maximum atomic E-state index is 12.8. The number of benzene rings is 1. The van der Waals surface area contributed by atoms with Gasteiger partial charge in [0, 0.05) is 18.8 Å². The number of carboxylic acids is 1. The smallest absolute Gasteiger partial charge is 0.321 e. The highest BCUT2D eigenvalue weighted by Crippen LogP contribution is 2.33. The number of hydrogen-bond donors (Lipinski definition) is 3. The van der Waals surface area contributed by atoms with Gasteiger partial charge in [-0.2, -0.15) is 0 Å². The van der Waals surface area contributed by atoms with Crippen molar-refractivity contribution in [2.45, 2.75) is 50.5 Å². The minimum Gasteiger partial charge on any atom is -0.481 e. The van der Waals surface area contributed by atoms with Crippen LogP contribution in [0.2, 0.25) is 0 Å². The van der Waals surface area contributed by atoms with Gasteiger partial charge in [-0.25, -0.2) is 4.79 Å². The number of carbonyl (C=O) groups is 3. The Morgan fingerprint density at radius 1 is 1.11 bits per heavy atom. The van der Waals surface area contributed by atoms with Gasteiger partial charge in [-0.3, -0.25) is 9.59 Å². The van der Waals surface area contributed by atoms with E-state index in [1.807, 2.05) is 30.3 Å². The minimum absolute atomic E-state index is 0.0380. The summed E-state index contributed by atoms with van der Waals surface area (Å²) in [7, 11) is 0. The number of para-hydroxylation sites is 1. The van der Waals surface area contributed by atoms with Crippen LogP contribution in [0.25, 0.3) is 0 Å². The van der Waals surface area contributed by atoms with Crippen molar-refractivity contribution in [1.29, 1.82) is 0 Å². The van der Waals surface area contributed by atoms with Gasteiger partial charge in [-0.15, -0.1) is 0 Å². The van der Waals surface area contributed by atoms with Crippen molar-refractivity contribution in [1.82, 2.24) is 10.2 Å². The van der Waals surface area contributed by atoms with Crippen LogP contribution in [0, 0.1) is 5.92 Å². The fourth-order valence-electron chi connectivity index (χ4n) is 4.15. The van der Waals surface area contributed by atoms with E-state index in [-0.39, 0.29) is 24.3 Å². The van der Waals surface area contributed by atoms with Crippen molar-refractivity contribution in [3.05, 3.63) is 30.3 Å². The van der Waals surface area contributed by atoms with Crippen molar-refractivity contribution in [2.24, 2.45) is 5.92 Å². The lowest BCUT2D eigenvalue weighted by Gasteiger charge is -2.35. The number of aliphatic carboxylic acids is 1. The number of piperidine rings is 1. The average Bonchev–Trinajstić information content (AvgIpc) is 3.09. The molecule has 0 radical (unpaired) electrons. The second kappa shape index (κ2) is 8.41. The van der Waals surface area contributed by atoms with E-state index in [1.54, 1.807) is 4.90 Å². The van der Waals surface area contributed by atoms with E-state index in [0.29, 0.717) is 32.4 Å². The molecule has 1 aromatic carbocycles. The van der Waals surface area contributed by atoms with Gasteiger partial charge in [0.2, 0.25) is 5.91 Å². The molecule has 7 heteroatoms. The molecular formula is C20H27N3O4. The predicted octanol–water partition coefficient (Wildman–Crippen LogP) is 2.83. The molecule has 1 aromatic rings. The monoisotopic (exact) mass is 373 g/mol. The summed E-state index contributed by atoms with van der Waals surface area (Å²) in [6.45, 7) is 0.969. The molecule has 2 aliphatic rings. The van der Waals surface area contributed by atoms with Crippen LogP contribution in [0.5, 0.6) is 0 Å². The summed E-state index contributed by atoms with van der Waals surface area (Å²) in [6, 6.07) is 9.02.